The van der Waals surface area contributed by atoms with Gasteiger partial charge in [0.25, 0.3) is 11.8 Å². The van der Waals surface area contributed by atoms with Gasteiger partial charge in [-0.1, -0.05) is 138 Å². The van der Waals surface area contributed by atoms with Crippen molar-refractivity contribution in [2.24, 2.45) is 0 Å². The summed E-state index contributed by atoms with van der Waals surface area (Å²) in [4.78, 5) is 35.7. The average molecular weight is 867 g/mol. The molecule has 5 heterocycles. The Kier molecular flexibility index (Phi) is 15.7. The number of carbonyl (C=O) groups excluding carboxylic acids is 2. The van der Waals surface area contributed by atoms with Gasteiger partial charge >= 0.3 is 0 Å². The third kappa shape index (κ3) is 10.1. The van der Waals surface area contributed by atoms with Crippen LogP contribution in [0.2, 0.25) is 0 Å². The first kappa shape index (κ1) is 42.3. The lowest BCUT2D eigenvalue weighted by molar-refractivity contribution is -0.122. The van der Waals surface area contributed by atoms with Crippen molar-refractivity contribution in [3.8, 4) is 20.9 Å². The van der Waals surface area contributed by atoms with Gasteiger partial charge < -0.3 is 0 Å². The Morgan fingerprint density at radius 3 is 1.38 bits per heavy atom. The molecular weight excluding hydrogens is 817 g/mol. The fraction of sp³-hybridized carbons (Fsp3) is 0.476. The topological polar surface area (TPSA) is 66.4 Å². The number of aromatic nitrogens is 2. The van der Waals surface area contributed by atoms with E-state index in [9.17, 15) is 9.59 Å². The van der Waals surface area contributed by atoms with Crippen molar-refractivity contribution in [2.75, 3.05) is 13.1 Å². The third-order valence-corrected chi connectivity index (χ3v) is 15.7. The molecule has 0 aliphatic carbocycles. The standard InChI is InChI=1S/C42H50N4O2S7/c1-5-9-11-13-15-17-19-27-23-33(51-31(27)25-35-39(47)45(7-3)41(49)53-35)29-21-22-30(38-37(29)43-55-44-38)34-24-28(20-18-16-14-12-10-6-2)32(52-34)26-36-40(48)46(8-4)42(50)54-36/h21-26H,5-20H2,1-4H3/b35-25+,36-26+. The zero-order chi connectivity index (χ0) is 38.9. The smallest absolute Gasteiger partial charge is 0.266 e. The van der Waals surface area contributed by atoms with Gasteiger partial charge in [-0.25, -0.2) is 0 Å². The number of unbranched alkanes of at least 4 members (excludes halogenated alkanes) is 10. The van der Waals surface area contributed by atoms with E-state index in [4.69, 9.17) is 33.2 Å². The van der Waals surface area contributed by atoms with Gasteiger partial charge in [-0.2, -0.15) is 8.75 Å². The Bertz CT molecular complexity index is 1950. The Labute approximate surface area is 358 Å². The van der Waals surface area contributed by atoms with Gasteiger partial charge in [-0.05, 0) is 74.9 Å². The molecule has 0 bridgehead atoms. The van der Waals surface area contributed by atoms with E-state index in [2.05, 4.69) is 50.3 Å². The number of hydrogen-bond acceptors (Lipinski definition) is 11. The number of fused-ring (bicyclic) bond motifs is 1. The quantitative estimate of drug-likeness (QED) is 0.0494. The number of hydrogen-bond donors (Lipinski definition) is 0. The summed E-state index contributed by atoms with van der Waals surface area (Å²) in [6.07, 6.45) is 20.8. The molecule has 0 unspecified atom stereocenters. The van der Waals surface area contributed by atoms with E-state index in [1.54, 1.807) is 32.5 Å². The Morgan fingerprint density at radius 2 is 1.00 bits per heavy atom. The first-order chi connectivity index (χ1) is 26.8. The molecule has 6 rings (SSSR count). The van der Waals surface area contributed by atoms with Gasteiger partial charge in [0, 0.05) is 43.7 Å². The predicted molar refractivity (Wildman–Crippen MR) is 249 cm³/mol. The van der Waals surface area contributed by atoms with Crippen LogP contribution in [-0.2, 0) is 22.4 Å². The minimum absolute atomic E-state index is 0.00322. The largest absolute Gasteiger partial charge is 0.293 e. The van der Waals surface area contributed by atoms with Gasteiger partial charge in [0.2, 0.25) is 0 Å². The number of likely N-dealkylation sites (N-methyl/N-ethyl adjacent to an activating group) is 2. The highest BCUT2D eigenvalue weighted by atomic mass is 32.2. The fourth-order valence-electron chi connectivity index (χ4n) is 7.03. The number of thiophene rings is 2. The van der Waals surface area contributed by atoms with Gasteiger partial charge in [-0.3, -0.25) is 19.4 Å². The fourth-order valence-corrected chi connectivity index (χ4v) is 12.8. The Balaban J connectivity index is 1.33. The van der Waals surface area contributed by atoms with Crippen LogP contribution >= 0.6 is 82.4 Å². The molecule has 2 saturated heterocycles. The zero-order valence-corrected chi connectivity index (χ0v) is 38.0. The molecule has 0 radical (unpaired) electrons. The number of thiocarbonyl (C=S) groups is 2. The monoisotopic (exact) mass is 866 g/mol. The molecule has 0 spiro atoms. The maximum atomic E-state index is 13.2. The normalized spacial score (nSPS) is 16.4. The number of aryl methyl sites for hydroxylation is 2. The van der Waals surface area contributed by atoms with E-state index >= 15 is 0 Å². The molecule has 55 heavy (non-hydrogen) atoms. The molecule has 2 fully saturated rings. The van der Waals surface area contributed by atoms with Crippen LogP contribution in [0.4, 0.5) is 0 Å². The Morgan fingerprint density at radius 1 is 0.600 bits per heavy atom. The van der Waals surface area contributed by atoms with E-state index in [1.165, 1.54) is 111 Å². The van der Waals surface area contributed by atoms with Gasteiger partial charge in [-0.15, -0.1) is 22.7 Å². The number of rotatable bonds is 20. The highest BCUT2D eigenvalue weighted by Gasteiger charge is 2.32. The zero-order valence-electron chi connectivity index (χ0n) is 32.2. The summed E-state index contributed by atoms with van der Waals surface area (Å²) in [6.45, 7) is 9.59. The second-order valence-corrected chi connectivity index (χ2v) is 20.1. The lowest BCUT2D eigenvalue weighted by Crippen LogP contribution is -2.27. The molecule has 0 N–H and O–H groups in total. The predicted octanol–water partition coefficient (Wildman–Crippen LogP) is 13.4. The number of thioether (sulfide) groups is 2. The summed E-state index contributed by atoms with van der Waals surface area (Å²) in [7, 11) is 0. The SMILES string of the molecule is CCCCCCCCc1cc(-c2ccc(-c3cc(CCCCCCCC)c(/C=C4/SC(=S)N(CC)C4=O)s3)c3nsnc23)sc1/C=C1/SC(=S)N(CC)C1=O. The summed E-state index contributed by atoms with van der Waals surface area (Å²) in [5, 5.41) is 0. The summed E-state index contributed by atoms with van der Waals surface area (Å²) in [5.41, 5.74) is 6.47. The second kappa shape index (κ2) is 20.4. The average Bonchev–Trinajstić information content (AvgIpc) is 4.00. The highest BCUT2D eigenvalue weighted by Crippen LogP contribution is 2.44. The number of amides is 2. The van der Waals surface area contributed by atoms with Crippen LogP contribution in [0.5, 0.6) is 0 Å². The molecule has 6 nitrogen and oxygen atoms in total. The van der Waals surface area contributed by atoms with Crippen molar-refractivity contribution >= 4 is 126 Å². The van der Waals surface area contributed by atoms with Crippen molar-refractivity contribution in [3.63, 3.8) is 0 Å². The molecule has 2 amide bonds. The molecule has 0 saturated carbocycles. The van der Waals surface area contributed by atoms with Gasteiger partial charge in [0.05, 0.1) is 21.5 Å². The van der Waals surface area contributed by atoms with Crippen molar-refractivity contribution in [3.05, 3.63) is 55.0 Å². The maximum Gasteiger partial charge on any atom is 0.266 e. The maximum absolute atomic E-state index is 13.2. The molecule has 292 valence electrons. The molecule has 4 aromatic rings. The number of nitrogens with zero attached hydrogens (tertiary/aromatic N) is 4. The van der Waals surface area contributed by atoms with Gasteiger partial charge in [0.15, 0.2) is 0 Å². The third-order valence-electron chi connectivity index (χ3n) is 10.1. The molecular formula is C42H50N4O2S7. The second-order valence-electron chi connectivity index (χ2n) is 14.0. The van der Waals surface area contributed by atoms with Crippen LogP contribution in [0.3, 0.4) is 0 Å². The molecule has 3 aromatic heterocycles. The Hall–Kier alpha value is -2.26. The van der Waals surface area contributed by atoms with E-state index in [1.807, 2.05) is 13.8 Å². The van der Waals surface area contributed by atoms with E-state index in [-0.39, 0.29) is 11.8 Å². The summed E-state index contributed by atoms with van der Waals surface area (Å²) >= 11 is 18.6. The van der Waals surface area contributed by atoms with Crippen LogP contribution in [0.25, 0.3) is 44.1 Å². The first-order valence-corrected chi connectivity index (χ1v) is 24.6. The summed E-state index contributed by atoms with van der Waals surface area (Å²) in [6, 6.07) is 9.01. The minimum atomic E-state index is -0.00322. The summed E-state index contributed by atoms with van der Waals surface area (Å²) < 4.78 is 11.0. The summed E-state index contributed by atoms with van der Waals surface area (Å²) in [5.74, 6) is -0.00643. The molecule has 0 atom stereocenters. The van der Waals surface area contributed by atoms with Crippen LogP contribution in [-0.4, -0.2) is 52.1 Å². The first-order valence-electron chi connectivity index (χ1n) is 19.8. The van der Waals surface area contributed by atoms with E-state index < -0.39 is 0 Å². The van der Waals surface area contributed by atoms with Crippen molar-refractivity contribution in [1.29, 1.82) is 0 Å². The van der Waals surface area contributed by atoms with Crippen LogP contribution < -0.4 is 0 Å². The van der Waals surface area contributed by atoms with Crippen LogP contribution in [0.15, 0.2) is 34.1 Å². The van der Waals surface area contributed by atoms with Crippen molar-refractivity contribution < 1.29 is 9.59 Å². The van der Waals surface area contributed by atoms with Gasteiger partial charge in [0.1, 0.15) is 19.7 Å². The van der Waals surface area contributed by atoms with Crippen LogP contribution in [0.1, 0.15) is 126 Å². The van der Waals surface area contributed by atoms with Crippen LogP contribution in [0, 0.1) is 0 Å². The lowest BCUT2D eigenvalue weighted by atomic mass is 10.0. The highest BCUT2D eigenvalue weighted by molar-refractivity contribution is 8.27. The molecule has 2 aliphatic rings. The van der Waals surface area contributed by atoms with Crippen molar-refractivity contribution in [1.82, 2.24) is 18.5 Å². The number of carbonyl (C=O) groups is 2. The van der Waals surface area contributed by atoms with E-state index in [0.29, 0.717) is 31.5 Å². The van der Waals surface area contributed by atoms with E-state index in [0.717, 1.165) is 67.4 Å². The lowest BCUT2D eigenvalue weighted by Gasteiger charge is -2.09. The number of benzene rings is 1. The molecule has 2 aliphatic heterocycles. The van der Waals surface area contributed by atoms with Crippen molar-refractivity contribution in [2.45, 2.75) is 118 Å². The minimum Gasteiger partial charge on any atom is -0.293 e. The molecule has 13 heteroatoms. The molecule has 1 aromatic carbocycles.